The van der Waals surface area contributed by atoms with Crippen LogP contribution < -0.4 is 0 Å². The van der Waals surface area contributed by atoms with Crippen LogP contribution in [0, 0.1) is 0 Å². The van der Waals surface area contributed by atoms with Crippen LogP contribution in [0.2, 0.25) is 5.32 Å². The number of hydrogen-bond donors (Lipinski definition) is 0. The van der Waals surface area contributed by atoms with Gasteiger partial charge in [0.15, 0.2) is 0 Å². The molecule has 0 N–H and O–H groups in total. The van der Waals surface area contributed by atoms with E-state index in [0.29, 0.717) is 11.9 Å². The third kappa shape index (κ3) is 7.56. The molecule has 0 aromatic heterocycles. The van der Waals surface area contributed by atoms with Gasteiger partial charge in [-0.1, -0.05) is 0 Å². The number of esters is 2. The van der Waals surface area contributed by atoms with Crippen molar-refractivity contribution in [1.82, 2.24) is 0 Å². The number of ether oxygens (including phenoxy) is 2. The van der Waals surface area contributed by atoms with Crippen molar-refractivity contribution >= 4 is 26.9 Å². The fourth-order valence-electron chi connectivity index (χ4n) is 0.491. The van der Waals surface area contributed by atoms with E-state index < -0.39 is 5.97 Å². The third-order valence-corrected chi connectivity index (χ3v) is 2.54. The standard InChI is InChI=1S/C8H12O4Se/c1-3-12-8(10)6-13-5-4-7(9)11-2/h4-5H,3,6H2,1-2H3/b5-4-. The fourth-order valence-corrected chi connectivity index (χ4v) is 1.59. The maximum absolute atomic E-state index is 10.8. The van der Waals surface area contributed by atoms with Crippen molar-refractivity contribution in [1.29, 1.82) is 0 Å². The van der Waals surface area contributed by atoms with Crippen LogP contribution in [0.25, 0.3) is 0 Å². The van der Waals surface area contributed by atoms with E-state index in [1.54, 1.807) is 11.9 Å². The average Bonchev–Trinajstić information content (AvgIpc) is 2.12. The molecule has 0 unspecified atom stereocenters. The topological polar surface area (TPSA) is 52.6 Å². The number of rotatable bonds is 5. The fraction of sp³-hybridized carbons (Fsp3) is 0.500. The van der Waals surface area contributed by atoms with E-state index in [2.05, 4.69) is 4.74 Å². The van der Waals surface area contributed by atoms with Gasteiger partial charge in [-0.05, 0) is 0 Å². The molecule has 0 rings (SSSR count). The molecule has 0 aliphatic heterocycles. The van der Waals surface area contributed by atoms with Crippen molar-refractivity contribution in [3.8, 4) is 0 Å². The second-order valence-corrected chi connectivity index (χ2v) is 3.82. The van der Waals surface area contributed by atoms with Crippen LogP contribution in [-0.2, 0) is 19.1 Å². The Kier molecular flexibility index (Phi) is 7.35. The summed E-state index contributed by atoms with van der Waals surface area (Å²) in [5.74, 6) is -0.622. The van der Waals surface area contributed by atoms with Crippen LogP contribution >= 0.6 is 0 Å². The molecular formula is C8H12O4Se. The molecule has 0 radical (unpaired) electrons. The Bertz CT molecular complexity index is 200. The van der Waals surface area contributed by atoms with Crippen molar-refractivity contribution in [2.45, 2.75) is 12.2 Å². The number of methoxy groups -OCH3 is 1. The van der Waals surface area contributed by atoms with Gasteiger partial charge < -0.3 is 0 Å². The zero-order valence-corrected chi connectivity index (χ0v) is 9.32. The molecule has 0 saturated heterocycles. The Morgan fingerprint density at radius 3 is 2.69 bits per heavy atom. The van der Waals surface area contributed by atoms with Crippen LogP contribution in [0.3, 0.4) is 0 Å². The molecule has 74 valence electrons. The predicted octanol–water partition coefficient (Wildman–Crippen LogP) is 0.359. The Labute approximate surface area is 83.4 Å². The Hall–Kier alpha value is -0.801. The van der Waals surface area contributed by atoms with Gasteiger partial charge in [0.1, 0.15) is 0 Å². The molecule has 0 amide bonds. The number of hydrogen-bond acceptors (Lipinski definition) is 4. The first-order chi connectivity index (χ1) is 6.20. The molecular weight excluding hydrogens is 239 g/mol. The van der Waals surface area contributed by atoms with E-state index >= 15 is 0 Å². The Morgan fingerprint density at radius 2 is 2.15 bits per heavy atom. The molecule has 0 atom stereocenters. The van der Waals surface area contributed by atoms with E-state index in [1.165, 1.54) is 13.2 Å². The molecule has 0 aliphatic carbocycles. The summed E-state index contributed by atoms with van der Waals surface area (Å²) in [5.41, 5.74) is 0. The van der Waals surface area contributed by atoms with Crippen molar-refractivity contribution in [2.75, 3.05) is 13.7 Å². The Balaban J connectivity index is 3.49. The first-order valence-electron chi connectivity index (χ1n) is 3.72. The molecule has 13 heavy (non-hydrogen) atoms. The number of carbonyl (C=O) groups is 2. The molecule has 0 aromatic rings. The second-order valence-electron chi connectivity index (χ2n) is 1.94. The van der Waals surface area contributed by atoms with Gasteiger partial charge in [-0.25, -0.2) is 0 Å². The summed E-state index contributed by atoms with van der Waals surface area (Å²) in [6, 6.07) is 0. The molecule has 4 nitrogen and oxygen atoms in total. The van der Waals surface area contributed by atoms with Gasteiger partial charge in [-0.3, -0.25) is 0 Å². The molecule has 0 fully saturated rings. The van der Waals surface area contributed by atoms with E-state index in [0.717, 1.165) is 0 Å². The first kappa shape index (κ1) is 12.2. The van der Waals surface area contributed by atoms with Gasteiger partial charge in [0.2, 0.25) is 0 Å². The molecule has 0 aromatic carbocycles. The molecule has 0 aliphatic rings. The second kappa shape index (κ2) is 7.83. The summed E-state index contributed by atoms with van der Waals surface area (Å²) in [6.07, 6.45) is 1.32. The van der Waals surface area contributed by atoms with Gasteiger partial charge in [0, 0.05) is 0 Å². The van der Waals surface area contributed by atoms with Crippen LogP contribution in [0.1, 0.15) is 6.92 Å². The molecule has 0 bridgehead atoms. The summed E-state index contributed by atoms with van der Waals surface area (Å²) < 4.78 is 9.07. The zero-order chi connectivity index (χ0) is 10.1. The van der Waals surface area contributed by atoms with E-state index in [-0.39, 0.29) is 20.9 Å². The quantitative estimate of drug-likeness (QED) is 0.402. The SMILES string of the molecule is CCOC(=O)C[Se]/C=C\C(=O)OC. The van der Waals surface area contributed by atoms with Gasteiger partial charge in [0.25, 0.3) is 0 Å². The van der Waals surface area contributed by atoms with Crippen LogP contribution in [-0.4, -0.2) is 40.6 Å². The minimum atomic E-state index is -0.397. The van der Waals surface area contributed by atoms with Crippen LogP contribution in [0.5, 0.6) is 0 Å². The van der Waals surface area contributed by atoms with Crippen LogP contribution in [0.4, 0.5) is 0 Å². The van der Waals surface area contributed by atoms with Crippen molar-refractivity contribution in [3.05, 3.63) is 11.1 Å². The predicted molar refractivity (Wildman–Crippen MR) is 48.4 cm³/mol. The normalized spacial score (nSPS) is 10.0. The van der Waals surface area contributed by atoms with Crippen molar-refractivity contribution in [3.63, 3.8) is 0 Å². The van der Waals surface area contributed by atoms with Gasteiger partial charge in [0.05, 0.1) is 0 Å². The first-order valence-corrected chi connectivity index (χ1v) is 5.92. The van der Waals surface area contributed by atoms with Gasteiger partial charge in [-0.15, -0.1) is 0 Å². The molecule has 5 heteroatoms. The summed E-state index contributed by atoms with van der Waals surface area (Å²) in [5, 5.41) is 0.355. The zero-order valence-electron chi connectivity index (χ0n) is 7.61. The molecule has 0 heterocycles. The summed E-state index contributed by atoms with van der Waals surface area (Å²) >= 11 is -0.0273. The minimum absolute atomic E-state index is 0.0273. The summed E-state index contributed by atoms with van der Waals surface area (Å²) in [4.78, 5) is 23.0. The molecule has 0 spiro atoms. The third-order valence-electron chi connectivity index (χ3n) is 1.01. The number of carbonyl (C=O) groups excluding carboxylic acids is 2. The van der Waals surface area contributed by atoms with Crippen molar-refractivity contribution < 1.29 is 19.1 Å². The average molecular weight is 251 g/mol. The Morgan fingerprint density at radius 1 is 1.46 bits per heavy atom. The van der Waals surface area contributed by atoms with Gasteiger partial charge in [-0.2, -0.15) is 0 Å². The van der Waals surface area contributed by atoms with E-state index in [9.17, 15) is 9.59 Å². The van der Waals surface area contributed by atoms with Crippen LogP contribution in [0.15, 0.2) is 11.1 Å². The molecule has 0 saturated carbocycles. The van der Waals surface area contributed by atoms with Gasteiger partial charge >= 0.3 is 83.0 Å². The van der Waals surface area contributed by atoms with Crippen molar-refractivity contribution in [2.24, 2.45) is 0 Å². The summed E-state index contributed by atoms with van der Waals surface area (Å²) in [7, 11) is 1.31. The maximum atomic E-state index is 10.8. The monoisotopic (exact) mass is 252 g/mol. The van der Waals surface area contributed by atoms with E-state index in [4.69, 9.17) is 4.74 Å². The summed E-state index contributed by atoms with van der Waals surface area (Å²) in [6.45, 7) is 2.16. The van der Waals surface area contributed by atoms with E-state index in [1.807, 2.05) is 0 Å².